The van der Waals surface area contributed by atoms with Gasteiger partial charge in [-0.2, -0.15) is 0 Å². The molecule has 1 aromatic rings. The Labute approximate surface area is 108 Å². The van der Waals surface area contributed by atoms with Gasteiger partial charge < -0.3 is 15.8 Å². The zero-order chi connectivity index (χ0) is 13.0. The molecule has 0 aromatic heterocycles. The van der Waals surface area contributed by atoms with Gasteiger partial charge >= 0.3 is 0 Å². The molecule has 1 rings (SSSR count). The number of hydrogen-bond acceptors (Lipinski definition) is 3. The molecular weight excluding hydrogens is 286 g/mol. The molecule has 0 fully saturated rings. The first-order valence-corrected chi connectivity index (χ1v) is 5.73. The van der Waals surface area contributed by atoms with Gasteiger partial charge in [0.2, 0.25) is 0 Å². The Kier molecular flexibility index (Phi) is 4.51. The predicted octanol–water partition coefficient (Wildman–Crippen LogP) is 1.58. The Hall–Kier alpha value is -1.56. The van der Waals surface area contributed by atoms with Crippen LogP contribution >= 0.6 is 15.9 Å². The summed E-state index contributed by atoms with van der Waals surface area (Å²) in [6.45, 7) is 1.99. The van der Waals surface area contributed by atoms with Crippen molar-refractivity contribution in [3.05, 3.63) is 33.8 Å². The number of halogens is 1. The van der Waals surface area contributed by atoms with E-state index < -0.39 is 0 Å². The summed E-state index contributed by atoms with van der Waals surface area (Å²) in [7, 11) is 1.59. The molecule has 0 unspecified atom stereocenters. The molecule has 0 saturated heterocycles. The highest BCUT2D eigenvalue weighted by Crippen LogP contribution is 2.17. The summed E-state index contributed by atoms with van der Waals surface area (Å²) < 4.78 is 0.952. The van der Waals surface area contributed by atoms with E-state index in [0.717, 1.165) is 10.0 Å². The van der Waals surface area contributed by atoms with Gasteiger partial charge in [0, 0.05) is 17.1 Å². The Morgan fingerprint density at radius 1 is 1.59 bits per heavy atom. The molecule has 0 atom stereocenters. The molecule has 0 aliphatic carbocycles. The minimum atomic E-state index is -0.174. The second kappa shape index (κ2) is 5.67. The maximum Gasteiger partial charge on any atom is 0.254 e. The normalized spacial score (nSPS) is 11.4. The number of oxime groups is 1. The fraction of sp³-hybridized carbons (Fsp3) is 0.273. The van der Waals surface area contributed by atoms with E-state index in [1.54, 1.807) is 19.2 Å². The minimum absolute atomic E-state index is 0.00492. The van der Waals surface area contributed by atoms with Crippen molar-refractivity contribution in [1.29, 1.82) is 0 Å². The van der Waals surface area contributed by atoms with Crippen LogP contribution in [0.1, 0.15) is 15.9 Å². The van der Waals surface area contributed by atoms with Crippen molar-refractivity contribution in [1.82, 2.24) is 4.90 Å². The topological polar surface area (TPSA) is 78.9 Å². The highest BCUT2D eigenvalue weighted by atomic mass is 79.9. The molecule has 17 heavy (non-hydrogen) atoms. The molecule has 0 heterocycles. The predicted molar refractivity (Wildman–Crippen MR) is 69.2 cm³/mol. The third-order valence-electron chi connectivity index (χ3n) is 2.28. The van der Waals surface area contributed by atoms with Crippen LogP contribution in [0.4, 0.5) is 0 Å². The first-order chi connectivity index (χ1) is 7.95. The fourth-order valence-corrected chi connectivity index (χ4v) is 1.59. The van der Waals surface area contributed by atoms with Crippen LogP contribution in [0.2, 0.25) is 0 Å². The largest absolute Gasteiger partial charge is 0.409 e. The van der Waals surface area contributed by atoms with Crippen molar-refractivity contribution >= 4 is 27.7 Å². The van der Waals surface area contributed by atoms with Gasteiger partial charge in [-0.1, -0.05) is 21.1 Å². The van der Waals surface area contributed by atoms with Crippen LogP contribution < -0.4 is 5.73 Å². The van der Waals surface area contributed by atoms with Gasteiger partial charge in [0.15, 0.2) is 5.84 Å². The number of nitrogens with zero attached hydrogens (tertiary/aromatic N) is 2. The van der Waals surface area contributed by atoms with Crippen LogP contribution in [-0.4, -0.2) is 35.4 Å². The molecule has 6 heteroatoms. The van der Waals surface area contributed by atoms with Crippen molar-refractivity contribution in [2.75, 3.05) is 13.6 Å². The average molecular weight is 300 g/mol. The summed E-state index contributed by atoms with van der Waals surface area (Å²) in [5, 5.41) is 11.3. The Morgan fingerprint density at radius 2 is 2.24 bits per heavy atom. The number of likely N-dealkylation sites (N-methyl/N-ethyl adjacent to an activating group) is 1. The summed E-state index contributed by atoms with van der Waals surface area (Å²) in [6.07, 6.45) is 0. The molecule has 0 aliphatic heterocycles. The lowest BCUT2D eigenvalue weighted by Crippen LogP contribution is -2.35. The van der Waals surface area contributed by atoms with Gasteiger partial charge in [0.1, 0.15) is 0 Å². The van der Waals surface area contributed by atoms with E-state index >= 15 is 0 Å². The summed E-state index contributed by atoms with van der Waals surface area (Å²) in [5.74, 6) is -0.179. The van der Waals surface area contributed by atoms with Crippen molar-refractivity contribution in [3.8, 4) is 0 Å². The van der Waals surface area contributed by atoms with E-state index in [-0.39, 0.29) is 18.3 Å². The standard InChI is InChI=1S/C11H14BrN3O2/c1-7-5-8(3-4-9(7)12)11(16)15(2)6-10(13)14-17/h3-5,17H,6H2,1-2H3,(H2,13,14). The number of hydrogen-bond donors (Lipinski definition) is 2. The number of carbonyl (C=O) groups is 1. The van der Waals surface area contributed by atoms with E-state index in [0.29, 0.717) is 5.56 Å². The van der Waals surface area contributed by atoms with Crippen molar-refractivity contribution in [3.63, 3.8) is 0 Å². The maximum absolute atomic E-state index is 12.0. The van der Waals surface area contributed by atoms with Crippen molar-refractivity contribution < 1.29 is 10.0 Å². The van der Waals surface area contributed by atoms with E-state index in [2.05, 4.69) is 21.1 Å². The van der Waals surface area contributed by atoms with E-state index in [9.17, 15) is 4.79 Å². The molecule has 92 valence electrons. The fourth-order valence-electron chi connectivity index (χ4n) is 1.34. The van der Waals surface area contributed by atoms with Crippen LogP contribution in [0.25, 0.3) is 0 Å². The van der Waals surface area contributed by atoms with Crippen molar-refractivity contribution in [2.45, 2.75) is 6.92 Å². The molecular formula is C11H14BrN3O2. The lowest BCUT2D eigenvalue weighted by atomic mass is 10.1. The lowest BCUT2D eigenvalue weighted by Gasteiger charge is -2.16. The second-order valence-electron chi connectivity index (χ2n) is 3.72. The molecule has 5 nitrogen and oxygen atoms in total. The van der Waals surface area contributed by atoms with Crippen LogP contribution in [0, 0.1) is 6.92 Å². The highest BCUT2D eigenvalue weighted by Gasteiger charge is 2.13. The molecule has 0 radical (unpaired) electrons. The number of amides is 1. The molecule has 0 spiro atoms. The number of rotatable bonds is 3. The monoisotopic (exact) mass is 299 g/mol. The molecule has 3 N–H and O–H groups in total. The minimum Gasteiger partial charge on any atom is -0.409 e. The average Bonchev–Trinajstić information content (AvgIpc) is 2.31. The van der Waals surface area contributed by atoms with E-state index in [4.69, 9.17) is 10.9 Å². The third kappa shape index (κ3) is 3.45. The van der Waals surface area contributed by atoms with Crippen LogP contribution in [0.15, 0.2) is 27.8 Å². The van der Waals surface area contributed by atoms with Crippen molar-refractivity contribution in [2.24, 2.45) is 10.9 Å². The summed E-state index contributed by atoms with van der Waals surface area (Å²) in [4.78, 5) is 13.4. The quantitative estimate of drug-likeness (QED) is 0.385. The van der Waals surface area contributed by atoms with Crippen LogP contribution in [0.3, 0.4) is 0 Å². The SMILES string of the molecule is Cc1cc(C(=O)N(C)C/C(N)=N/O)ccc1Br. The van der Waals surface area contributed by atoms with Crippen LogP contribution in [0.5, 0.6) is 0 Å². The highest BCUT2D eigenvalue weighted by molar-refractivity contribution is 9.10. The summed E-state index contributed by atoms with van der Waals surface area (Å²) >= 11 is 3.37. The Morgan fingerprint density at radius 3 is 2.76 bits per heavy atom. The Bertz CT molecular complexity index is 460. The second-order valence-corrected chi connectivity index (χ2v) is 4.57. The lowest BCUT2D eigenvalue weighted by molar-refractivity contribution is 0.0813. The summed E-state index contributed by atoms with van der Waals surface area (Å²) in [6, 6.07) is 5.33. The molecule has 1 aromatic carbocycles. The molecule has 0 bridgehead atoms. The number of carbonyl (C=O) groups excluding carboxylic acids is 1. The maximum atomic E-state index is 12.0. The molecule has 0 saturated carbocycles. The van der Waals surface area contributed by atoms with E-state index in [1.807, 2.05) is 13.0 Å². The first kappa shape index (κ1) is 13.5. The number of aryl methyl sites for hydroxylation is 1. The van der Waals surface area contributed by atoms with Gasteiger partial charge in [-0.15, -0.1) is 0 Å². The van der Waals surface area contributed by atoms with E-state index in [1.165, 1.54) is 4.90 Å². The number of benzene rings is 1. The number of amidine groups is 1. The zero-order valence-corrected chi connectivity index (χ0v) is 11.2. The van der Waals surface area contributed by atoms with Gasteiger partial charge in [-0.05, 0) is 30.7 Å². The third-order valence-corrected chi connectivity index (χ3v) is 3.17. The zero-order valence-electron chi connectivity index (χ0n) is 9.64. The van der Waals surface area contributed by atoms with Crippen LogP contribution in [-0.2, 0) is 0 Å². The Balaban J connectivity index is 2.85. The first-order valence-electron chi connectivity index (χ1n) is 4.93. The van der Waals surface area contributed by atoms with Gasteiger partial charge in [-0.3, -0.25) is 4.79 Å². The van der Waals surface area contributed by atoms with Gasteiger partial charge in [0.25, 0.3) is 5.91 Å². The van der Waals surface area contributed by atoms with Gasteiger partial charge in [-0.25, -0.2) is 0 Å². The number of nitrogens with two attached hydrogens (primary N) is 1. The molecule has 1 amide bonds. The molecule has 0 aliphatic rings. The smallest absolute Gasteiger partial charge is 0.254 e. The van der Waals surface area contributed by atoms with Gasteiger partial charge in [0.05, 0.1) is 6.54 Å². The summed E-state index contributed by atoms with van der Waals surface area (Å²) in [5.41, 5.74) is 6.89.